The molecule has 0 aliphatic carbocycles. The van der Waals surface area contributed by atoms with E-state index in [1.165, 1.54) is 6.08 Å². The van der Waals surface area contributed by atoms with Gasteiger partial charge in [-0.2, -0.15) is 5.26 Å². The molecule has 0 aromatic heterocycles. The molecule has 174 valence electrons. The summed E-state index contributed by atoms with van der Waals surface area (Å²) in [5.41, 5.74) is 4.00. The van der Waals surface area contributed by atoms with E-state index >= 15 is 0 Å². The van der Waals surface area contributed by atoms with E-state index < -0.39 is 5.91 Å². The molecule has 0 spiro atoms. The monoisotopic (exact) mass is 494 g/mol. The highest BCUT2D eigenvalue weighted by Crippen LogP contribution is 2.38. The Kier molecular flexibility index (Phi) is 8.59. The van der Waals surface area contributed by atoms with Gasteiger partial charge in [0.2, 0.25) is 0 Å². The van der Waals surface area contributed by atoms with Gasteiger partial charge in [-0.1, -0.05) is 53.0 Å². The van der Waals surface area contributed by atoms with Crippen molar-refractivity contribution in [2.75, 3.05) is 11.9 Å². The van der Waals surface area contributed by atoms with Crippen molar-refractivity contribution in [1.82, 2.24) is 0 Å². The molecule has 3 rings (SSSR count). The number of rotatable bonds is 8. The van der Waals surface area contributed by atoms with Crippen LogP contribution in [0.4, 0.5) is 5.69 Å². The molecule has 0 bridgehead atoms. The van der Waals surface area contributed by atoms with Crippen molar-refractivity contribution < 1.29 is 14.3 Å². The Morgan fingerprint density at radius 3 is 2.56 bits per heavy atom. The highest BCUT2D eigenvalue weighted by Gasteiger charge is 2.15. The summed E-state index contributed by atoms with van der Waals surface area (Å²) in [6.07, 6.45) is 1.47. The molecule has 7 heteroatoms. The zero-order chi connectivity index (χ0) is 24.7. The lowest BCUT2D eigenvalue weighted by molar-refractivity contribution is -0.112. The maximum Gasteiger partial charge on any atom is 0.266 e. The van der Waals surface area contributed by atoms with E-state index in [1.54, 1.807) is 24.3 Å². The summed E-state index contributed by atoms with van der Waals surface area (Å²) >= 11 is 12.5. The van der Waals surface area contributed by atoms with Gasteiger partial charge in [0.15, 0.2) is 11.5 Å². The molecular formula is C27H24Cl2N2O3. The van der Waals surface area contributed by atoms with Gasteiger partial charge in [-0.3, -0.25) is 4.79 Å². The summed E-state index contributed by atoms with van der Waals surface area (Å²) in [6, 6.07) is 18.3. The minimum Gasteiger partial charge on any atom is -0.490 e. The number of nitrogens with one attached hydrogen (secondary N) is 1. The molecule has 0 saturated heterocycles. The zero-order valence-corrected chi connectivity index (χ0v) is 20.6. The van der Waals surface area contributed by atoms with Crippen molar-refractivity contribution in [3.05, 3.63) is 92.5 Å². The van der Waals surface area contributed by atoms with Crippen LogP contribution in [-0.2, 0) is 11.4 Å². The van der Waals surface area contributed by atoms with Crippen LogP contribution >= 0.6 is 23.2 Å². The van der Waals surface area contributed by atoms with Crippen molar-refractivity contribution in [2.45, 2.75) is 27.4 Å². The van der Waals surface area contributed by atoms with E-state index in [1.807, 2.05) is 57.2 Å². The molecule has 0 saturated carbocycles. The minimum absolute atomic E-state index is 0.0638. The first-order chi connectivity index (χ1) is 16.3. The number of nitrogens with zero attached hydrogens (tertiary/aromatic N) is 1. The Morgan fingerprint density at radius 2 is 1.88 bits per heavy atom. The highest BCUT2D eigenvalue weighted by molar-refractivity contribution is 6.32. The van der Waals surface area contributed by atoms with Gasteiger partial charge in [-0.15, -0.1) is 0 Å². The van der Waals surface area contributed by atoms with E-state index in [9.17, 15) is 10.1 Å². The van der Waals surface area contributed by atoms with E-state index in [-0.39, 0.29) is 12.2 Å². The quantitative estimate of drug-likeness (QED) is 0.267. The summed E-state index contributed by atoms with van der Waals surface area (Å²) in [4.78, 5) is 12.7. The van der Waals surface area contributed by atoms with Gasteiger partial charge >= 0.3 is 0 Å². The number of hydrogen-bond donors (Lipinski definition) is 1. The molecule has 3 aromatic carbocycles. The van der Waals surface area contributed by atoms with Crippen LogP contribution in [0.25, 0.3) is 6.08 Å². The summed E-state index contributed by atoms with van der Waals surface area (Å²) < 4.78 is 11.6. The second kappa shape index (κ2) is 11.6. The van der Waals surface area contributed by atoms with Gasteiger partial charge in [0, 0.05) is 10.7 Å². The fourth-order valence-electron chi connectivity index (χ4n) is 3.32. The number of ether oxygens (including phenoxy) is 2. The number of halogens is 2. The first-order valence-corrected chi connectivity index (χ1v) is 11.4. The van der Waals surface area contributed by atoms with Crippen LogP contribution < -0.4 is 14.8 Å². The van der Waals surface area contributed by atoms with E-state index in [0.717, 1.165) is 16.7 Å². The second-order valence-corrected chi connectivity index (χ2v) is 8.47. The predicted octanol–water partition coefficient (Wildman–Crippen LogP) is 7.13. The molecule has 0 heterocycles. The fourth-order valence-corrected chi connectivity index (χ4v) is 3.80. The number of aryl methyl sites for hydroxylation is 2. The third kappa shape index (κ3) is 6.54. The Bertz CT molecular complexity index is 1280. The van der Waals surface area contributed by atoms with E-state index in [0.29, 0.717) is 39.4 Å². The van der Waals surface area contributed by atoms with Crippen molar-refractivity contribution in [2.24, 2.45) is 0 Å². The average Bonchev–Trinajstić information content (AvgIpc) is 2.79. The largest absolute Gasteiger partial charge is 0.490 e. The van der Waals surface area contributed by atoms with Crippen molar-refractivity contribution >= 4 is 40.9 Å². The third-order valence-corrected chi connectivity index (χ3v) is 5.43. The lowest BCUT2D eigenvalue weighted by atomic mass is 10.1. The molecule has 0 atom stereocenters. The van der Waals surface area contributed by atoms with E-state index in [2.05, 4.69) is 5.32 Å². The van der Waals surface area contributed by atoms with E-state index in [4.69, 9.17) is 32.7 Å². The van der Waals surface area contributed by atoms with Crippen LogP contribution in [0.3, 0.4) is 0 Å². The lowest BCUT2D eigenvalue weighted by Gasteiger charge is -2.15. The van der Waals surface area contributed by atoms with Gasteiger partial charge in [0.05, 0.1) is 11.6 Å². The fraction of sp³-hybridized carbons (Fsp3) is 0.185. The number of carbonyl (C=O) groups excluding carboxylic acids is 1. The third-order valence-electron chi connectivity index (χ3n) is 4.91. The maximum atomic E-state index is 12.7. The van der Waals surface area contributed by atoms with Gasteiger partial charge in [0.1, 0.15) is 18.2 Å². The molecule has 3 aromatic rings. The molecule has 34 heavy (non-hydrogen) atoms. The van der Waals surface area contributed by atoms with Gasteiger partial charge in [-0.25, -0.2) is 0 Å². The number of nitriles is 1. The van der Waals surface area contributed by atoms with Gasteiger partial charge < -0.3 is 14.8 Å². The molecule has 1 amide bonds. The first-order valence-electron chi connectivity index (χ1n) is 10.6. The summed E-state index contributed by atoms with van der Waals surface area (Å²) in [7, 11) is 0. The molecular weight excluding hydrogens is 471 g/mol. The van der Waals surface area contributed by atoms with Gasteiger partial charge in [0.25, 0.3) is 5.91 Å². The lowest BCUT2D eigenvalue weighted by Crippen LogP contribution is -2.14. The van der Waals surface area contributed by atoms with Crippen molar-refractivity contribution in [3.63, 3.8) is 0 Å². The average molecular weight is 495 g/mol. The standard InChI is InChI=1S/C27H24Cl2N2O3/c1-4-33-25-14-20(13-23(29)26(25)34-16-19-6-5-7-22(28)12-19)11-21(15-30)27(32)31-24-9-8-17(2)10-18(24)3/h5-14H,4,16H2,1-3H3,(H,31,32)/b21-11+. The summed E-state index contributed by atoms with van der Waals surface area (Å²) in [6.45, 7) is 6.34. The SMILES string of the molecule is CCOc1cc(/C=C(\C#N)C(=O)Nc2ccc(C)cc2C)cc(Cl)c1OCc1cccc(Cl)c1. The smallest absolute Gasteiger partial charge is 0.266 e. The number of anilines is 1. The molecule has 0 radical (unpaired) electrons. The Balaban J connectivity index is 1.86. The molecule has 0 unspecified atom stereocenters. The predicted molar refractivity (Wildman–Crippen MR) is 137 cm³/mol. The molecule has 0 aliphatic heterocycles. The highest BCUT2D eigenvalue weighted by atomic mass is 35.5. The maximum absolute atomic E-state index is 12.7. The molecule has 1 N–H and O–H groups in total. The van der Waals surface area contributed by atoms with Crippen LogP contribution in [0.1, 0.15) is 29.2 Å². The van der Waals surface area contributed by atoms with Crippen LogP contribution in [0, 0.1) is 25.2 Å². The Morgan fingerprint density at radius 1 is 1.09 bits per heavy atom. The minimum atomic E-state index is -0.509. The summed E-state index contributed by atoms with van der Waals surface area (Å²) in [5.74, 6) is 0.277. The molecule has 5 nitrogen and oxygen atoms in total. The van der Waals surface area contributed by atoms with Crippen molar-refractivity contribution in [1.29, 1.82) is 5.26 Å². The Labute approximate surface area is 209 Å². The van der Waals surface area contributed by atoms with Crippen LogP contribution in [0.2, 0.25) is 10.0 Å². The zero-order valence-electron chi connectivity index (χ0n) is 19.1. The second-order valence-electron chi connectivity index (χ2n) is 7.62. The first kappa shape index (κ1) is 25.2. The number of benzene rings is 3. The van der Waals surface area contributed by atoms with Crippen LogP contribution in [-0.4, -0.2) is 12.5 Å². The van der Waals surface area contributed by atoms with Crippen LogP contribution in [0.5, 0.6) is 11.5 Å². The topological polar surface area (TPSA) is 71.3 Å². The number of carbonyl (C=O) groups is 1. The number of amides is 1. The summed E-state index contributed by atoms with van der Waals surface area (Å²) in [5, 5.41) is 13.3. The Hall–Kier alpha value is -3.46. The van der Waals surface area contributed by atoms with Gasteiger partial charge in [-0.05, 0) is 73.9 Å². The number of hydrogen-bond acceptors (Lipinski definition) is 4. The van der Waals surface area contributed by atoms with Crippen LogP contribution in [0.15, 0.2) is 60.2 Å². The molecule has 0 fully saturated rings. The normalized spacial score (nSPS) is 11.0. The van der Waals surface area contributed by atoms with Crippen molar-refractivity contribution in [3.8, 4) is 17.6 Å². The molecule has 0 aliphatic rings.